The van der Waals surface area contributed by atoms with Gasteiger partial charge < -0.3 is 33.0 Å². The van der Waals surface area contributed by atoms with Gasteiger partial charge in [-0.2, -0.15) is 0 Å². The van der Waals surface area contributed by atoms with E-state index in [2.05, 4.69) is 11.7 Å². The van der Waals surface area contributed by atoms with Gasteiger partial charge in [0.1, 0.15) is 19.3 Å². The highest BCUT2D eigenvalue weighted by Crippen LogP contribution is 2.41. The first-order valence-corrected chi connectivity index (χ1v) is 15.2. The number of aliphatic hydroxyl groups excluding tert-OH is 1. The number of methoxy groups -OCH3 is 1. The predicted octanol–water partition coefficient (Wildman–Crippen LogP) is 4.59. The van der Waals surface area contributed by atoms with Gasteiger partial charge >= 0.3 is 5.97 Å². The van der Waals surface area contributed by atoms with E-state index in [4.69, 9.17) is 13.8 Å². The van der Waals surface area contributed by atoms with Crippen molar-refractivity contribution in [1.29, 1.82) is 0 Å². The fourth-order valence-corrected chi connectivity index (χ4v) is 4.69. The van der Waals surface area contributed by atoms with Gasteiger partial charge in [-0.25, -0.2) is 0 Å². The topological polar surface area (TPSA) is 114 Å². The van der Waals surface area contributed by atoms with Crippen LogP contribution in [0.2, 0.25) is 0 Å². The normalized spacial score (nSPS) is 15.4. The summed E-state index contributed by atoms with van der Waals surface area (Å²) in [6, 6.07) is 0. The maximum absolute atomic E-state index is 12.5. The Hall–Kier alpha value is -0.540. The molecule has 1 unspecified atom stereocenters. The van der Waals surface area contributed by atoms with Gasteiger partial charge in [0.2, 0.25) is 0 Å². The van der Waals surface area contributed by atoms with Gasteiger partial charge in [-0.05, 0) is 19.3 Å². The fourth-order valence-electron chi connectivity index (χ4n) is 3.75. The molecule has 0 aromatic heterocycles. The molecule has 0 aromatic rings. The van der Waals surface area contributed by atoms with Crippen LogP contribution in [0.25, 0.3) is 0 Å². The first-order chi connectivity index (χ1) is 17.0. The van der Waals surface area contributed by atoms with Gasteiger partial charge in [0, 0.05) is 13.0 Å². The van der Waals surface area contributed by atoms with E-state index >= 15 is 0 Å². The summed E-state index contributed by atoms with van der Waals surface area (Å²) in [5, 5.41) is 9.91. The molecule has 0 aliphatic rings. The van der Waals surface area contributed by atoms with Crippen LogP contribution in [0.3, 0.4) is 0 Å². The quantitative estimate of drug-likeness (QED) is 0.0775. The molecule has 10 heteroatoms. The molecule has 9 nitrogen and oxygen atoms in total. The van der Waals surface area contributed by atoms with Crippen LogP contribution in [0, 0.1) is 0 Å². The number of hydrogen-bond donors (Lipinski definition) is 1. The highest BCUT2D eigenvalue weighted by molar-refractivity contribution is 7.45. The maximum Gasteiger partial charge on any atom is 0.305 e. The molecule has 216 valence electrons. The summed E-state index contributed by atoms with van der Waals surface area (Å²) in [6.45, 7) is 2.67. The summed E-state index contributed by atoms with van der Waals surface area (Å²) in [4.78, 5) is 23.7. The van der Waals surface area contributed by atoms with Crippen molar-refractivity contribution in [3.8, 4) is 0 Å². The molecule has 1 N–H and O–H groups in total. The van der Waals surface area contributed by atoms with E-state index in [0.29, 0.717) is 30.3 Å². The standard InChI is InChI=1S/C26H54NO8P/c1-6-7-8-9-10-11-12-13-14-15-18-24(35-36(30,31)34-22-20-27(2,3)4)25(23-28)33-21-17-16-19-26(29)32-5/h24-25,28H,6-23H2,1-5H3/t24-,25+/m1/s1. The second-order valence-electron chi connectivity index (χ2n) is 10.5. The van der Waals surface area contributed by atoms with E-state index in [0.717, 1.165) is 19.3 Å². The Kier molecular flexibility index (Phi) is 21.1. The molecule has 0 rings (SSSR count). The number of phosphoric acid groups is 1. The largest absolute Gasteiger partial charge is 0.756 e. The van der Waals surface area contributed by atoms with Crippen LogP contribution in [-0.2, 0) is 27.9 Å². The molecule has 0 aromatic carbocycles. The van der Waals surface area contributed by atoms with Crippen molar-refractivity contribution in [3.63, 3.8) is 0 Å². The summed E-state index contributed by atoms with van der Waals surface area (Å²) in [5.41, 5.74) is 0. The molecule has 0 amide bonds. The van der Waals surface area contributed by atoms with E-state index in [1.807, 2.05) is 21.1 Å². The number of carbonyl (C=O) groups excluding carboxylic acids is 1. The van der Waals surface area contributed by atoms with Gasteiger partial charge in [0.05, 0.1) is 41.0 Å². The molecule has 0 fully saturated rings. The molecular formula is C26H54NO8P. The number of rotatable bonds is 25. The number of nitrogens with zero attached hydrogens (tertiary/aromatic N) is 1. The average molecular weight is 540 g/mol. The molecule has 0 aliphatic heterocycles. The van der Waals surface area contributed by atoms with Crippen LogP contribution in [0.4, 0.5) is 0 Å². The van der Waals surface area contributed by atoms with E-state index in [9.17, 15) is 19.4 Å². The van der Waals surface area contributed by atoms with Gasteiger partial charge in [-0.1, -0.05) is 71.1 Å². The SMILES string of the molecule is CCCCCCCCCCCC[C@@H](OP(=O)([O-])OCC[N+](C)(C)C)[C@H](CO)OCCCCC(=O)OC. The van der Waals surface area contributed by atoms with Gasteiger partial charge in [-0.15, -0.1) is 0 Å². The zero-order chi connectivity index (χ0) is 27.3. The zero-order valence-corrected chi connectivity index (χ0v) is 24.5. The highest BCUT2D eigenvalue weighted by Gasteiger charge is 2.27. The third kappa shape index (κ3) is 21.5. The summed E-state index contributed by atoms with van der Waals surface area (Å²) in [7, 11) is 2.64. The van der Waals surface area contributed by atoms with Crippen LogP contribution in [0.15, 0.2) is 0 Å². The van der Waals surface area contributed by atoms with Crippen molar-refractivity contribution in [2.24, 2.45) is 0 Å². The lowest BCUT2D eigenvalue weighted by Gasteiger charge is -2.33. The minimum Gasteiger partial charge on any atom is -0.756 e. The molecule has 36 heavy (non-hydrogen) atoms. The Balaban J connectivity index is 4.67. The van der Waals surface area contributed by atoms with Crippen LogP contribution in [0.1, 0.15) is 96.8 Å². The summed E-state index contributed by atoms with van der Waals surface area (Å²) in [6.07, 6.45) is 12.0. The van der Waals surface area contributed by atoms with Crippen molar-refractivity contribution in [1.82, 2.24) is 0 Å². The van der Waals surface area contributed by atoms with Gasteiger partial charge in [-0.3, -0.25) is 9.36 Å². The third-order valence-corrected chi connectivity index (χ3v) is 7.08. The van der Waals surface area contributed by atoms with E-state index in [-0.39, 0.29) is 32.2 Å². The molecule has 0 radical (unpaired) electrons. The Morgan fingerprint density at radius 2 is 1.47 bits per heavy atom. The summed E-state index contributed by atoms with van der Waals surface area (Å²) in [5.74, 6) is -0.283. The van der Waals surface area contributed by atoms with Crippen LogP contribution in [-0.4, -0.2) is 82.4 Å². The van der Waals surface area contributed by atoms with E-state index < -0.39 is 20.0 Å². The molecule has 0 heterocycles. The Morgan fingerprint density at radius 1 is 0.889 bits per heavy atom. The van der Waals surface area contributed by atoms with Crippen LogP contribution < -0.4 is 4.89 Å². The summed E-state index contributed by atoms with van der Waals surface area (Å²) >= 11 is 0. The minimum absolute atomic E-state index is 0.0213. The number of quaternary nitrogens is 1. The Labute approximate surface area is 220 Å². The number of hydrogen-bond acceptors (Lipinski definition) is 8. The lowest BCUT2D eigenvalue weighted by atomic mass is 10.0. The predicted molar refractivity (Wildman–Crippen MR) is 140 cm³/mol. The smallest absolute Gasteiger partial charge is 0.305 e. The Bertz CT molecular complexity index is 585. The number of unbranched alkanes of at least 4 members (excludes halogenated alkanes) is 10. The number of phosphoric ester groups is 1. The first kappa shape index (κ1) is 35.5. The third-order valence-electron chi connectivity index (χ3n) is 6.05. The van der Waals surface area contributed by atoms with Crippen molar-refractivity contribution in [2.75, 3.05) is 54.6 Å². The first-order valence-electron chi connectivity index (χ1n) is 13.8. The molecule has 0 saturated heterocycles. The number of ether oxygens (including phenoxy) is 2. The lowest BCUT2D eigenvalue weighted by molar-refractivity contribution is -0.870. The molecule has 0 spiro atoms. The fraction of sp³-hybridized carbons (Fsp3) is 0.962. The highest BCUT2D eigenvalue weighted by atomic mass is 31.2. The van der Waals surface area contributed by atoms with E-state index in [1.165, 1.54) is 52.1 Å². The zero-order valence-electron chi connectivity index (χ0n) is 23.6. The minimum atomic E-state index is -4.56. The second kappa shape index (κ2) is 21.4. The molecule has 3 atom stereocenters. The van der Waals surface area contributed by atoms with Gasteiger partial charge in [0.25, 0.3) is 7.82 Å². The number of carbonyl (C=O) groups is 1. The molecule has 0 aliphatic carbocycles. The van der Waals surface area contributed by atoms with Crippen LogP contribution >= 0.6 is 7.82 Å². The maximum atomic E-state index is 12.5. The van der Waals surface area contributed by atoms with Crippen molar-refractivity contribution < 1.29 is 42.4 Å². The van der Waals surface area contributed by atoms with Gasteiger partial charge in [0.15, 0.2) is 0 Å². The Morgan fingerprint density at radius 3 is 2.00 bits per heavy atom. The molecule has 0 bridgehead atoms. The number of esters is 1. The van der Waals surface area contributed by atoms with Crippen molar-refractivity contribution >= 4 is 13.8 Å². The van der Waals surface area contributed by atoms with Crippen molar-refractivity contribution in [2.45, 2.75) is 109 Å². The molecular weight excluding hydrogens is 485 g/mol. The van der Waals surface area contributed by atoms with Crippen LogP contribution in [0.5, 0.6) is 0 Å². The number of likely N-dealkylation sites (N-methyl/N-ethyl adjacent to an activating group) is 1. The monoisotopic (exact) mass is 539 g/mol. The van der Waals surface area contributed by atoms with E-state index in [1.54, 1.807) is 0 Å². The average Bonchev–Trinajstić information content (AvgIpc) is 2.80. The summed E-state index contributed by atoms with van der Waals surface area (Å²) < 4.78 is 34.0. The van der Waals surface area contributed by atoms with Crippen molar-refractivity contribution in [3.05, 3.63) is 0 Å². The number of aliphatic hydroxyl groups is 1. The molecule has 0 saturated carbocycles. The second-order valence-corrected chi connectivity index (χ2v) is 11.9. The lowest BCUT2D eigenvalue weighted by Crippen LogP contribution is -2.38.